The van der Waals surface area contributed by atoms with E-state index in [4.69, 9.17) is 5.11 Å². The van der Waals surface area contributed by atoms with E-state index in [2.05, 4.69) is 29.1 Å². The van der Waals surface area contributed by atoms with Crippen LogP contribution in [0.15, 0.2) is 6.07 Å². The van der Waals surface area contributed by atoms with Crippen LogP contribution in [0.25, 0.3) is 0 Å². The van der Waals surface area contributed by atoms with Gasteiger partial charge in [-0.25, -0.2) is 9.97 Å². The lowest BCUT2D eigenvalue weighted by Gasteiger charge is -2.21. The molecule has 0 unspecified atom stereocenters. The number of hydrogen-bond donors (Lipinski definition) is 2. The third-order valence-corrected chi connectivity index (χ3v) is 2.28. The molecule has 0 radical (unpaired) electrons. The van der Waals surface area contributed by atoms with E-state index in [0.717, 1.165) is 12.4 Å². The fraction of sp³-hybridized carbons (Fsp3) is 0.583. The molecule has 6 nitrogen and oxygen atoms in total. The molecule has 2 N–H and O–H groups in total. The number of nitrogens with one attached hydrogen (secondary N) is 1. The minimum absolute atomic E-state index is 0.149. The van der Waals surface area contributed by atoms with Crippen LogP contribution in [-0.2, 0) is 4.79 Å². The van der Waals surface area contributed by atoms with Crippen LogP contribution in [0.3, 0.4) is 0 Å². The number of nitrogens with zero attached hydrogens (tertiary/aromatic N) is 3. The van der Waals surface area contributed by atoms with Crippen molar-refractivity contribution in [1.29, 1.82) is 0 Å². The van der Waals surface area contributed by atoms with Gasteiger partial charge in [0.15, 0.2) is 0 Å². The normalized spacial score (nSPS) is 10.5. The van der Waals surface area contributed by atoms with Crippen LogP contribution in [0.2, 0.25) is 0 Å². The Morgan fingerprint density at radius 3 is 2.72 bits per heavy atom. The lowest BCUT2D eigenvalue weighted by Crippen LogP contribution is -2.24. The molecule has 100 valence electrons. The fourth-order valence-electron chi connectivity index (χ4n) is 1.65. The molecular formula is C12H20N4O2. The molecule has 18 heavy (non-hydrogen) atoms. The Bertz CT molecular complexity index is 421. The van der Waals surface area contributed by atoms with Gasteiger partial charge in [-0.2, -0.15) is 0 Å². The topological polar surface area (TPSA) is 78.3 Å². The van der Waals surface area contributed by atoms with E-state index in [-0.39, 0.29) is 6.54 Å². The van der Waals surface area contributed by atoms with Crippen molar-refractivity contribution >= 4 is 17.6 Å². The largest absolute Gasteiger partial charge is 0.480 e. The van der Waals surface area contributed by atoms with Gasteiger partial charge < -0.3 is 15.3 Å². The molecule has 0 aromatic carbocycles. The van der Waals surface area contributed by atoms with E-state index in [1.165, 1.54) is 0 Å². The molecule has 0 fully saturated rings. The quantitative estimate of drug-likeness (QED) is 0.796. The highest BCUT2D eigenvalue weighted by molar-refractivity contribution is 5.72. The van der Waals surface area contributed by atoms with E-state index < -0.39 is 5.97 Å². The maximum atomic E-state index is 10.5. The lowest BCUT2D eigenvalue weighted by atomic mass is 10.2. The molecule has 1 heterocycles. The minimum atomic E-state index is -0.914. The van der Waals surface area contributed by atoms with Crippen molar-refractivity contribution in [3.8, 4) is 0 Å². The van der Waals surface area contributed by atoms with Crippen LogP contribution in [0.1, 0.15) is 19.7 Å². The zero-order valence-electron chi connectivity index (χ0n) is 11.3. The summed E-state index contributed by atoms with van der Waals surface area (Å²) >= 11 is 0. The summed E-state index contributed by atoms with van der Waals surface area (Å²) < 4.78 is 0. The molecule has 0 aliphatic heterocycles. The molecule has 1 aromatic heterocycles. The maximum Gasteiger partial charge on any atom is 0.322 e. The smallest absolute Gasteiger partial charge is 0.322 e. The molecule has 1 aromatic rings. The second-order valence-electron chi connectivity index (χ2n) is 4.68. The first kappa shape index (κ1) is 14.2. The Hall–Kier alpha value is -1.85. The first-order chi connectivity index (χ1) is 8.38. The third kappa shape index (κ3) is 4.57. The minimum Gasteiger partial charge on any atom is -0.480 e. The predicted octanol–water partition coefficient (Wildman–Crippen LogP) is 1.37. The molecule has 0 saturated carbocycles. The van der Waals surface area contributed by atoms with Gasteiger partial charge in [-0.3, -0.25) is 4.79 Å². The highest BCUT2D eigenvalue weighted by atomic mass is 16.4. The van der Waals surface area contributed by atoms with Gasteiger partial charge in [0.05, 0.1) is 0 Å². The van der Waals surface area contributed by atoms with Crippen LogP contribution in [0.5, 0.6) is 0 Å². The molecular weight excluding hydrogens is 232 g/mol. The molecule has 1 rings (SSSR count). The van der Waals surface area contributed by atoms with Crippen molar-refractivity contribution in [3.63, 3.8) is 0 Å². The summed E-state index contributed by atoms with van der Waals surface area (Å²) in [5.41, 5.74) is 0. The van der Waals surface area contributed by atoms with E-state index in [0.29, 0.717) is 17.6 Å². The Labute approximate surface area is 107 Å². The standard InChI is InChI=1S/C12H20N4O2/c1-8(2)7-16(4)11-5-10(13-6-12(17)18)14-9(3)15-11/h5,8H,6-7H2,1-4H3,(H,17,18)(H,13,14,15). The molecule has 0 bridgehead atoms. The van der Waals surface area contributed by atoms with Crippen molar-refractivity contribution in [2.45, 2.75) is 20.8 Å². The molecule has 0 saturated heterocycles. The summed E-state index contributed by atoms with van der Waals surface area (Å²) in [6.45, 7) is 6.79. The third-order valence-electron chi connectivity index (χ3n) is 2.28. The molecule has 0 aliphatic carbocycles. The van der Waals surface area contributed by atoms with E-state index in [1.54, 1.807) is 13.0 Å². The summed E-state index contributed by atoms with van der Waals surface area (Å²) in [5, 5.41) is 11.4. The Morgan fingerprint density at radius 2 is 2.17 bits per heavy atom. The summed E-state index contributed by atoms with van der Waals surface area (Å²) in [4.78, 5) is 21.0. The van der Waals surface area contributed by atoms with Crippen LogP contribution in [0, 0.1) is 12.8 Å². The van der Waals surface area contributed by atoms with Crippen LogP contribution in [0.4, 0.5) is 11.6 Å². The number of carboxylic acid groups (broad SMARTS) is 1. The molecule has 0 spiro atoms. The van der Waals surface area contributed by atoms with Crippen molar-refractivity contribution in [1.82, 2.24) is 9.97 Å². The molecule has 0 aliphatic rings. The SMILES string of the molecule is Cc1nc(NCC(=O)O)cc(N(C)CC(C)C)n1. The van der Waals surface area contributed by atoms with Crippen LogP contribution in [-0.4, -0.2) is 41.2 Å². The number of aliphatic carboxylic acids is 1. The Kier molecular flexibility index (Phi) is 4.88. The predicted molar refractivity (Wildman–Crippen MR) is 71.0 cm³/mol. The van der Waals surface area contributed by atoms with Gasteiger partial charge in [0.25, 0.3) is 0 Å². The van der Waals surface area contributed by atoms with Gasteiger partial charge in [0.2, 0.25) is 0 Å². The lowest BCUT2D eigenvalue weighted by molar-refractivity contribution is -0.134. The maximum absolute atomic E-state index is 10.5. The average molecular weight is 252 g/mol. The van der Waals surface area contributed by atoms with Crippen molar-refractivity contribution in [2.24, 2.45) is 5.92 Å². The number of carboxylic acids is 1. The van der Waals surface area contributed by atoms with Crippen LogP contribution >= 0.6 is 0 Å². The van der Waals surface area contributed by atoms with Gasteiger partial charge >= 0.3 is 5.97 Å². The van der Waals surface area contributed by atoms with Gasteiger partial charge in [-0.05, 0) is 12.8 Å². The summed E-state index contributed by atoms with van der Waals surface area (Å²) in [6.07, 6.45) is 0. The van der Waals surface area contributed by atoms with Crippen molar-refractivity contribution in [2.75, 3.05) is 30.4 Å². The summed E-state index contributed by atoms with van der Waals surface area (Å²) in [6, 6.07) is 1.76. The first-order valence-corrected chi connectivity index (χ1v) is 5.91. The van der Waals surface area contributed by atoms with Gasteiger partial charge in [0.1, 0.15) is 24.0 Å². The zero-order valence-corrected chi connectivity index (χ0v) is 11.3. The van der Waals surface area contributed by atoms with Crippen molar-refractivity contribution in [3.05, 3.63) is 11.9 Å². The van der Waals surface area contributed by atoms with Gasteiger partial charge in [0, 0.05) is 19.7 Å². The average Bonchev–Trinajstić information content (AvgIpc) is 2.24. The zero-order chi connectivity index (χ0) is 13.7. The number of aryl methyl sites for hydroxylation is 1. The highest BCUT2D eigenvalue weighted by Gasteiger charge is 2.08. The van der Waals surface area contributed by atoms with E-state index in [9.17, 15) is 4.79 Å². The monoisotopic (exact) mass is 252 g/mol. The number of aromatic nitrogens is 2. The molecule has 0 atom stereocenters. The summed E-state index contributed by atoms with van der Waals surface area (Å²) in [7, 11) is 1.96. The first-order valence-electron chi connectivity index (χ1n) is 5.91. The molecule has 6 heteroatoms. The van der Waals surface area contributed by atoms with Gasteiger partial charge in [-0.15, -0.1) is 0 Å². The Balaban J connectivity index is 2.82. The summed E-state index contributed by atoms with van der Waals surface area (Å²) in [5.74, 6) is 1.57. The van der Waals surface area contributed by atoms with E-state index in [1.807, 2.05) is 11.9 Å². The van der Waals surface area contributed by atoms with Crippen LogP contribution < -0.4 is 10.2 Å². The van der Waals surface area contributed by atoms with E-state index >= 15 is 0 Å². The number of carbonyl (C=O) groups is 1. The second-order valence-corrected chi connectivity index (χ2v) is 4.68. The molecule has 0 amide bonds. The fourth-order valence-corrected chi connectivity index (χ4v) is 1.65. The Morgan fingerprint density at radius 1 is 1.50 bits per heavy atom. The number of hydrogen-bond acceptors (Lipinski definition) is 5. The second kappa shape index (κ2) is 6.18. The number of anilines is 2. The highest BCUT2D eigenvalue weighted by Crippen LogP contribution is 2.15. The van der Waals surface area contributed by atoms with Gasteiger partial charge in [-0.1, -0.05) is 13.8 Å². The van der Waals surface area contributed by atoms with Crippen molar-refractivity contribution < 1.29 is 9.90 Å². The number of rotatable bonds is 6.